The van der Waals surface area contributed by atoms with Crippen LogP contribution >= 0.6 is 0 Å². The molecule has 1 rings (SSSR count). The van der Waals surface area contributed by atoms with Gasteiger partial charge in [-0.25, -0.2) is 0 Å². The maximum Gasteiger partial charge on any atom is 0.204 e. The molecule has 0 aromatic carbocycles. The first-order valence-electron chi connectivity index (χ1n) is 6.91. The number of hydrogen-bond acceptors (Lipinski definition) is 5. The van der Waals surface area contributed by atoms with Gasteiger partial charge in [0.15, 0.2) is 5.75 Å². The molecule has 1 atom stereocenters. The minimum Gasteiger partial charge on any atom is -0.493 e. The van der Waals surface area contributed by atoms with E-state index >= 15 is 0 Å². The van der Waals surface area contributed by atoms with E-state index in [0.717, 1.165) is 13.0 Å². The summed E-state index contributed by atoms with van der Waals surface area (Å²) in [4.78, 5) is 14.7. The Balaban J connectivity index is 3.07. The van der Waals surface area contributed by atoms with Gasteiger partial charge in [-0.2, -0.15) is 5.10 Å². The van der Waals surface area contributed by atoms with Crippen LogP contribution in [0.15, 0.2) is 6.20 Å². The summed E-state index contributed by atoms with van der Waals surface area (Å²) in [6, 6.07) is 0. The first-order valence-corrected chi connectivity index (χ1v) is 6.91. The van der Waals surface area contributed by atoms with Crippen molar-refractivity contribution in [1.29, 1.82) is 0 Å². The number of nitrogens with two attached hydrogens (primary N) is 1. The van der Waals surface area contributed by atoms with Crippen LogP contribution in [0.25, 0.3) is 0 Å². The van der Waals surface area contributed by atoms with Gasteiger partial charge in [0.2, 0.25) is 5.78 Å². The molecule has 1 heterocycles. The van der Waals surface area contributed by atoms with E-state index < -0.39 is 5.54 Å². The molecule has 0 aliphatic carbocycles. The van der Waals surface area contributed by atoms with E-state index in [0.29, 0.717) is 24.4 Å². The van der Waals surface area contributed by atoms with E-state index in [1.165, 1.54) is 7.11 Å². The molecule has 20 heavy (non-hydrogen) atoms. The lowest BCUT2D eigenvalue weighted by molar-refractivity contribution is 0.0877. The minimum absolute atomic E-state index is 0.118. The van der Waals surface area contributed by atoms with Crippen molar-refractivity contribution in [3.63, 3.8) is 0 Å². The van der Waals surface area contributed by atoms with Gasteiger partial charge in [0, 0.05) is 6.54 Å². The molecule has 0 saturated carbocycles. The van der Waals surface area contributed by atoms with Crippen LogP contribution in [-0.2, 0) is 6.54 Å². The molecule has 6 heteroatoms. The number of likely N-dealkylation sites (N-methyl/N-ethyl adjacent to an activating group) is 1. The van der Waals surface area contributed by atoms with Crippen LogP contribution in [0, 0.1) is 0 Å². The Kier molecular flexibility index (Phi) is 5.71. The molecule has 1 aromatic heterocycles. The van der Waals surface area contributed by atoms with Crippen LogP contribution in [-0.4, -0.2) is 53.8 Å². The summed E-state index contributed by atoms with van der Waals surface area (Å²) in [6.07, 6.45) is 3.06. The standard InChI is InChI=1S/C14H26N4O2/c1-6-7-14(2,15)13(19)12-11(20-5)10-16-18(12)9-8-17(3)4/h10H,6-9,15H2,1-5H3. The molecule has 0 aliphatic heterocycles. The average molecular weight is 282 g/mol. The molecule has 114 valence electrons. The van der Waals surface area contributed by atoms with Gasteiger partial charge >= 0.3 is 0 Å². The summed E-state index contributed by atoms with van der Waals surface area (Å²) in [6.45, 7) is 5.19. The number of hydrogen-bond donors (Lipinski definition) is 1. The Labute approximate surface area is 120 Å². The Bertz CT molecular complexity index is 452. The van der Waals surface area contributed by atoms with Crippen molar-refractivity contribution >= 4 is 5.78 Å². The highest BCUT2D eigenvalue weighted by molar-refractivity contribution is 6.03. The zero-order valence-electron chi connectivity index (χ0n) is 13.1. The van der Waals surface area contributed by atoms with Crippen LogP contribution < -0.4 is 10.5 Å². The lowest BCUT2D eigenvalue weighted by Gasteiger charge is -2.23. The third-order valence-corrected chi connectivity index (χ3v) is 3.29. The maximum atomic E-state index is 12.7. The van der Waals surface area contributed by atoms with Gasteiger partial charge in [0.1, 0.15) is 5.69 Å². The Morgan fingerprint density at radius 1 is 1.55 bits per heavy atom. The molecular formula is C14H26N4O2. The normalized spacial score (nSPS) is 14.3. The number of carbonyl (C=O) groups excluding carboxylic acids is 1. The van der Waals surface area contributed by atoms with Gasteiger partial charge in [0.05, 0.1) is 25.4 Å². The summed E-state index contributed by atoms with van der Waals surface area (Å²) in [5.74, 6) is 0.369. The number of Topliss-reactive ketones (excluding diaryl/α,β-unsaturated/α-hetero) is 1. The Morgan fingerprint density at radius 2 is 2.20 bits per heavy atom. The minimum atomic E-state index is -0.891. The van der Waals surface area contributed by atoms with Gasteiger partial charge in [-0.3, -0.25) is 9.48 Å². The second-order valence-electron chi connectivity index (χ2n) is 5.58. The third kappa shape index (κ3) is 3.80. The van der Waals surface area contributed by atoms with Crippen LogP contribution in [0.4, 0.5) is 0 Å². The van der Waals surface area contributed by atoms with Crippen molar-refractivity contribution in [2.24, 2.45) is 5.73 Å². The molecule has 0 fully saturated rings. The van der Waals surface area contributed by atoms with E-state index in [4.69, 9.17) is 10.5 Å². The predicted molar refractivity (Wildman–Crippen MR) is 79.2 cm³/mol. The molecule has 0 radical (unpaired) electrons. The predicted octanol–water partition coefficient (Wildman–Crippen LogP) is 1.15. The molecule has 1 aromatic rings. The van der Waals surface area contributed by atoms with Gasteiger partial charge in [-0.15, -0.1) is 0 Å². The molecule has 0 amide bonds. The lowest BCUT2D eigenvalue weighted by atomic mass is 9.90. The second kappa shape index (κ2) is 6.85. The number of aromatic nitrogens is 2. The molecule has 1 unspecified atom stereocenters. The first-order chi connectivity index (χ1) is 9.33. The summed E-state index contributed by atoms with van der Waals surface area (Å²) < 4.78 is 6.94. The Hall–Kier alpha value is -1.40. The highest BCUT2D eigenvalue weighted by atomic mass is 16.5. The van der Waals surface area contributed by atoms with Crippen LogP contribution in [0.3, 0.4) is 0 Å². The average Bonchev–Trinajstić information content (AvgIpc) is 2.77. The van der Waals surface area contributed by atoms with Crippen LogP contribution in [0.2, 0.25) is 0 Å². The summed E-state index contributed by atoms with van der Waals surface area (Å²) >= 11 is 0. The quantitative estimate of drug-likeness (QED) is 0.724. The largest absolute Gasteiger partial charge is 0.493 e. The van der Waals surface area contributed by atoms with Gasteiger partial charge < -0.3 is 15.4 Å². The van der Waals surface area contributed by atoms with Crippen LogP contribution in [0.1, 0.15) is 37.2 Å². The van der Waals surface area contributed by atoms with E-state index in [1.54, 1.807) is 17.8 Å². The molecule has 0 aliphatic rings. The summed E-state index contributed by atoms with van der Waals surface area (Å²) in [7, 11) is 5.50. The van der Waals surface area contributed by atoms with Crippen molar-refractivity contribution in [2.45, 2.75) is 38.8 Å². The van der Waals surface area contributed by atoms with E-state index in [1.807, 2.05) is 25.9 Å². The molecule has 6 nitrogen and oxygen atoms in total. The fraction of sp³-hybridized carbons (Fsp3) is 0.714. The molecule has 0 spiro atoms. The highest BCUT2D eigenvalue weighted by Gasteiger charge is 2.33. The third-order valence-electron chi connectivity index (χ3n) is 3.29. The fourth-order valence-corrected chi connectivity index (χ4v) is 2.11. The van der Waals surface area contributed by atoms with Crippen molar-refractivity contribution in [2.75, 3.05) is 27.7 Å². The van der Waals surface area contributed by atoms with E-state index in [-0.39, 0.29) is 5.78 Å². The summed E-state index contributed by atoms with van der Waals surface area (Å²) in [5.41, 5.74) is 5.73. The molecule has 0 bridgehead atoms. The SMILES string of the molecule is CCCC(C)(N)C(=O)c1c(OC)cnn1CCN(C)C. The van der Waals surface area contributed by atoms with Crippen LogP contribution in [0.5, 0.6) is 5.75 Å². The maximum absolute atomic E-state index is 12.7. The van der Waals surface area contributed by atoms with Crippen molar-refractivity contribution in [3.8, 4) is 5.75 Å². The summed E-state index contributed by atoms with van der Waals surface area (Å²) in [5, 5.41) is 4.24. The molecule has 0 saturated heterocycles. The fourth-order valence-electron chi connectivity index (χ4n) is 2.11. The Morgan fingerprint density at radius 3 is 2.70 bits per heavy atom. The zero-order valence-corrected chi connectivity index (χ0v) is 13.1. The number of ketones is 1. The van der Waals surface area contributed by atoms with E-state index in [9.17, 15) is 4.79 Å². The van der Waals surface area contributed by atoms with Gasteiger partial charge in [-0.05, 0) is 27.4 Å². The number of nitrogens with zero attached hydrogens (tertiary/aromatic N) is 3. The number of methoxy groups -OCH3 is 1. The van der Waals surface area contributed by atoms with Gasteiger partial charge in [0.25, 0.3) is 0 Å². The van der Waals surface area contributed by atoms with Crippen molar-refractivity contribution in [3.05, 3.63) is 11.9 Å². The van der Waals surface area contributed by atoms with Crippen molar-refractivity contribution in [1.82, 2.24) is 14.7 Å². The molecule has 2 N–H and O–H groups in total. The number of ether oxygens (including phenoxy) is 1. The monoisotopic (exact) mass is 282 g/mol. The highest BCUT2D eigenvalue weighted by Crippen LogP contribution is 2.24. The second-order valence-corrected chi connectivity index (χ2v) is 5.58. The molecular weight excluding hydrogens is 256 g/mol. The topological polar surface area (TPSA) is 73.4 Å². The van der Waals surface area contributed by atoms with E-state index in [2.05, 4.69) is 5.10 Å². The lowest BCUT2D eigenvalue weighted by Crippen LogP contribution is -2.45. The smallest absolute Gasteiger partial charge is 0.204 e. The first kappa shape index (κ1) is 16.7. The van der Waals surface area contributed by atoms with Crippen molar-refractivity contribution < 1.29 is 9.53 Å². The zero-order chi connectivity index (χ0) is 15.3. The number of carbonyl (C=O) groups is 1. The van der Waals surface area contributed by atoms with Gasteiger partial charge in [-0.1, -0.05) is 13.3 Å². The number of rotatable bonds is 8.